The van der Waals surface area contributed by atoms with Crippen LogP contribution in [0.4, 0.5) is 0 Å². The van der Waals surface area contributed by atoms with E-state index in [2.05, 4.69) is 20.3 Å². The number of hydrogen-bond donors (Lipinski definition) is 2. The zero-order chi connectivity index (χ0) is 26.3. The van der Waals surface area contributed by atoms with Crippen LogP contribution in [0.2, 0.25) is 0 Å². The number of aromatic nitrogens is 3. The Bertz CT molecular complexity index is 1650. The summed E-state index contributed by atoms with van der Waals surface area (Å²) < 4.78 is 5.42. The Hall–Kier alpha value is -4.70. The molecule has 10 heteroatoms. The van der Waals surface area contributed by atoms with Gasteiger partial charge in [-0.25, -0.2) is 14.8 Å². The Morgan fingerprint density at radius 1 is 1.03 bits per heavy atom. The predicted molar refractivity (Wildman–Crippen MR) is 136 cm³/mol. The number of carbonyl (C=O) groups is 4. The van der Waals surface area contributed by atoms with Crippen LogP contribution >= 0.6 is 0 Å². The summed E-state index contributed by atoms with van der Waals surface area (Å²) in [7, 11) is 3.75. The SMILES string of the molecule is CC(=O)NC1=CC(=O)c2ccc(-c3nc(C(=O)OCCN(C)C)cc4c3[nH]c3ccccc34)nc2C1=O. The van der Waals surface area contributed by atoms with Crippen molar-refractivity contribution in [1.29, 1.82) is 0 Å². The second-order valence-corrected chi connectivity index (χ2v) is 8.91. The number of ketones is 2. The van der Waals surface area contributed by atoms with Crippen molar-refractivity contribution in [3.05, 3.63) is 71.2 Å². The lowest BCUT2D eigenvalue weighted by atomic mass is 9.96. The van der Waals surface area contributed by atoms with Gasteiger partial charge in [0.15, 0.2) is 5.78 Å². The van der Waals surface area contributed by atoms with Gasteiger partial charge in [-0.3, -0.25) is 14.4 Å². The number of benzene rings is 1. The van der Waals surface area contributed by atoms with Crippen LogP contribution < -0.4 is 5.32 Å². The van der Waals surface area contributed by atoms with E-state index in [9.17, 15) is 19.2 Å². The quantitative estimate of drug-likeness (QED) is 0.389. The standard InChI is InChI=1S/C27H23N5O5/c1-14(33)28-20-13-22(34)16-8-9-19(30-24(16)26(20)35)25-23-17(15-6-4-5-7-18(15)29-23)12-21(31-25)27(36)37-11-10-32(2)3/h4-9,12-13,29H,10-11H2,1-3H3,(H,28,33). The van der Waals surface area contributed by atoms with Gasteiger partial charge in [-0.15, -0.1) is 0 Å². The summed E-state index contributed by atoms with van der Waals surface area (Å²) in [5.74, 6) is -2.09. The number of ether oxygens (including phenoxy) is 1. The molecule has 0 spiro atoms. The molecule has 4 aromatic rings. The summed E-state index contributed by atoms with van der Waals surface area (Å²) in [4.78, 5) is 64.3. The van der Waals surface area contributed by atoms with Crippen molar-refractivity contribution in [1.82, 2.24) is 25.2 Å². The number of pyridine rings is 2. The lowest BCUT2D eigenvalue weighted by Crippen LogP contribution is -2.30. The molecule has 1 aromatic carbocycles. The van der Waals surface area contributed by atoms with Crippen LogP contribution in [0, 0.1) is 0 Å². The molecule has 0 bridgehead atoms. The van der Waals surface area contributed by atoms with Crippen LogP contribution in [0.25, 0.3) is 33.2 Å². The summed E-state index contributed by atoms with van der Waals surface area (Å²) in [5.41, 5.74) is 2.03. The first-order valence-electron chi connectivity index (χ1n) is 11.6. The summed E-state index contributed by atoms with van der Waals surface area (Å²) >= 11 is 0. The number of allylic oxidation sites excluding steroid dienone is 2. The van der Waals surface area contributed by atoms with Crippen LogP contribution in [-0.2, 0) is 9.53 Å². The van der Waals surface area contributed by atoms with Crippen molar-refractivity contribution in [3.8, 4) is 11.4 Å². The Kier molecular flexibility index (Phi) is 6.10. The molecule has 37 heavy (non-hydrogen) atoms. The Balaban J connectivity index is 1.65. The molecule has 0 saturated carbocycles. The Labute approximate surface area is 211 Å². The summed E-state index contributed by atoms with van der Waals surface area (Å²) in [6, 6.07) is 12.3. The van der Waals surface area contributed by atoms with E-state index in [4.69, 9.17) is 4.74 Å². The number of H-pyrrole nitrogens is 1. The molecule has 1 aliphatic carbocycles. The molecular formula is C27H23N5O5. The van der Waals surface area contributed by atoms with Gasteiger partial charge in [0, 0.05) is 35.8 Å². The number of para-hydroxylation sites is 1. The maximum Gasteiger partial charge on any atom is 0.357 e. The maximum atomic E-state index is 13.0. The fourth-order valence-corrected chi connectivity index (χ4v) is 4.18. The molecule has 0 aliphatic heterocycles. The highest BCUT2D eigenvalue weighted by atomic mass is 16.5. The number of amides is 1. The van der Waals surface area contributed by atoms with Crippen LogP contribution in [-0.4, -0.2) is 70.5 Å². The Morgan fingerprint density at radius 2 is 1.81 bits per heavy atom. The first-order valence-corrected chi connectivity index (χ1v) is 11.6. The molecule has 0 fully saturated rings. The summed E-state index contributed by atoms with van der Waals surface area (Å²) in [5, 5.41) is 4.00. The number of nitrogens with zero attached hydrogens (tertiary/aromatic N) is 3. The molecule has 1 amide bonds. The average Bonchev–Trinajstić information content (AvgIpc) is 3.24. The molecule has 10 nitrogen and oxygen atoms in total. The van der Waals surface area contributed by atoms with Crippen molar-refractivity contribution in [2.75, 3.05) is 27.2 Å². The van der Waals surface area contributed by atoms with E-state index in [0.29, 0.717) is 17.8 Å². The second-order valence-electron chi connectivity index (χ2n) is 8.91. The smallest absolute Gasteiger partial charge is 0.357 e. The number of carbonyl (C=O) groups excluding carboxylic acids is 4. The van der Waals surface area contributed by atoms with E-state index in [1.165, 1.54) is 13.0 Å². The van der Waals surface area contributed by atoms with Gasteiger partial charge in [0.25, 0.3) is 0 Å². The number of likely N-dealkylation sites (N-methyl/N-ethyl adjacent to an activating group) is 1. The predicted octanol–water partition coefficient (Wildman–Crippen LogP) is 2.90. The minimum Gasteiger partial charge on any atom is -0.460 e. The fourth-order valence-electron chi connectivity index (χ4n) is 4.18. The van der Waals surface area contributed by atoms with Gasteiger partial charge in [0.1, 0.15) is 23.7 Å². The zero-order valence-corrected chi connectivity index (χ0v) is 20.4. The van der Waals surface area contributed by atoms with Crippen molar-refractivity contribution >= 4 is 45.2 Å². The number of esters is 1. The van der Waals surface area contributed by atoms with Crippen LogP contribution in [0.15, 0.2) is 54.2 Å². The molecule has 0 atom stereocenters. The highest BCUT2D eigenvalue weighted by molar-refractivity contribution is 6.24. The van der Waals surface area contributed by atoms with Gasteiger partial charge < -0.3 is 19.9 Å². The highest BCUT2D eigenvalue weighted by Gasteiger charge is 2.29. The molecule has 0 radical (unpaired) electrons. The number of nitrogens with one attached hydrogen (secondary N) is 2. The third-order valence-corrected chi connectivity index (χ3v) is 5.93. The van der Waals surface area contributed by atoms with E-state index in [1.807, 2.05) is 43.3 Å². The van der Waals surface area contributed by atoms with E-state index in [1.54, 1.807) is 12.1 Å². The van der Waals surface area contributed by atoms with Gasteiger partial charge in [-0.05, 0) is 38.4 Å². The topological polar surface area (TPSA) is 134 Å². The summed E-state index contributed by atoms with van der Waals surface area (Å²) in [6.45, 7) is 2.00. The third-order valence-electron chi connectivity index (χ3n) is 5.93. The first-order chi connectivity index (χ1) is 17.7. The maximum absolute atomic E-state index is 13.0. The van der Waals surface area contributed by atoms with Crippen LogP contribution in [0.5, 0.6) is 0 Å². The molecule has 3 aromatic heterocycles. The van der Waals surface area contributed by atoms with Crippen LogP contribution in [0.3, 0.4) is 0 Å². The molecule has 3 heterocycles. The van der Waals surface area contributed by atoms with E-state index in [0.717, 1.165) is 22.4 Å². The van der Waals surface area contributed by atoms with Crippen molar-refractivity contribution < 1.29 is 23.9 Å². The molecule has 2 N–H and O–H groups in total. The molecule has 1 aliphatic rings. The number of aromatic amines is 1. The molecule has 186 valence electrons. The van der Waals surface area contributed by atoms with Gasteiger partial charge in [0.2, 0.25) is 11.7 Å². The van der Waals surface area contributed by atoms with Crippen molar-refractivity contribution in [2.24, 2.45) is 0 Å². The lowest BCUT2D eigenvalue weighted by molar-refractivity contribution is -0.118. The van der Waals surface area contributed by atoms with E-state index in [-0.39, 0.29) is 34.9 Å². The lowest BCUT2D eigenvalue weighted by Gasteiger charge is -2.15. The Morgan fingerprint density at radius 3 is 2.57 bits per heavy atom. The molecule has 0 saturated heterocycles. The second kappa shape index (κ2) is 9.40. The van der Waals surface area contributed by atoms with E-state index >= 15 is 0 Å². The number of hydrogen-bond acceptors (Lipinski definition) is 8. The molecule has 5 rings (SSSR count). The normalized spacial score (nSPS) is 13.1. The summed E-state index contributed by atoms with van der Waals surface area (Å²) in [6.07, 6.45) is 1.09. The van der Waals surface area contributed by atoms with Crippen molar-refractivity contribution in [3.63, 3.8) is 0 Å². The van der Waals surface area contributed by atoms with Gasteiger partial charge >= 0.3 is 5.97 Å². The number of rotatable bonds is 6. The van der Waals surface area contributed by atoms with Gasteiger partial charge in [0.05, 0.1) is 22.5 Å². The minimum atomic E-state index is -0.588. The zero-order valence-electron chi connectivity index (χ0n) is 20.4. The fraction of sp³-hybridized carbons (Fsp3) is 0.185. The van der Waals surface area contributed by atoms with Gasteiger partial charge in [-0.1, -0.05) is 18.2 Å². The largest absolute Gasteiger partial charge is 0.460 e. The highest BCUT2D eigenvalue weighted by Crippen LogP contribution is 2.33. The molecular weight excluding hydrogens is 474 g/mol. The number of fused-ring (bicyclic) bond motifs is 4. The first kappa shape index (κ1) is 24.0. The monoisotopic (exact) mass is 497 g/mol. The van der Waals surface area contributed by atoms with Gasteiger partial charge in [-0.2, -0.15) is 0 Å². The number of Topliss-reactive ketones (excluding diaryl/α,β-unsaturated/α-hetero) is 1. The average molecular weight is 498 g/mol. The van der Waals surface area contributed by atoms with Crippen molar-refractivity contribution in [2.45, 2.75) is 6.92 Å². The third kappa shape index (κ3) is 4.50. The molecule has 0 unspecified atom stereocenters. The minimum absolute atomic E-state index is 0.0896. The van der Waals surface area contributed by atoms with Crippen LogP contribution in [0.1, 0.15) is 38.3 Å². The van der Waals surface area contributed by atoms with E-state index < -0.39 is 23.4 Å².